The molecule has 0 unspecified atom stereocenters. The normalized spacial score (nSPS) is 28.2. The summed E-state index contributed by atoms with van der Waals surface area (Å²) in [5, 5.41) is 11.6. The van der Waals surface area contributed by atoms with Gasteiger partial charge in [0.05, 0.1) is 18.2 Å². The molecule has 0 aliphatic carbocycles. The summed E-state index contributed by atoms with van der Waals surface area (Å²) in [6.07, 6.45) is 4.14. The predicted molar refractivity (Wildman–Crippen MR) is 96.5 cm³/mol. The Morgan fingerprint density at radius 2 is 2.16 bits per heavy atom. The number of hydrogen-bond donors (Lipinski definition) is 1. The molecule has 1 aromatic rings. The number of carbonyl (C=O) groups excluding carboxylic acids is 1. The van der Waals surface area contributed by atoms with Crippen molar-refractivity contribution >= 4 is 11.7 Å². The van der Waals surface area contributed by atoms with Crippen LogP contribution in [0.4, 0.5) is 5.82 Å². The van der Waals surface area contributed by atoms with Gasteiger partial charge >= 0.3 is 0 Å². The molecule has 0 radical (unpaired) electrons. The van der Waals surface area contributed by atoms with Crippen LogP contribution in [0.25, 0.3) is 0 Å². The molecule has 0 spiro atoms. The highest BCUT2D eigenvalue weighted by Crippen LogP contribution is 2.22. The first kappa shape index (κ1) is 18.1. The monoisotopic (exact) mass is 347 g/mol. The minimum Gasteiger partial charge on any atom is -0.372 e. The highest BCUT2D eigenvalue weighted by molar-refractivity contribution is 5.81. The van der Waals surface area contributed by atoms with E-state index < -0.39 is 0 Å². The second-order valence-electron chi connectivity index (χ2n) is 7.20. The molecular formula is C18H29N5O2. The lowest BCUT2D eigenvalue weighted by molar-refractivity contribution is -0.144. The number of aromatic nitrogens is 2. The van der Waals surface area contributed by atoms with Crippen molar-refractivity contribution in [3.63, 3.8) is 0 Å². The molecule has 1 aromatic heterocycles. The molecule has 7 heteroatoms. The number of amides is 1. The van der Waals surface area contributed by atoms with E-state index in [9.17, 15) is 4.79 Å². The zero-order valence-electron chi connectivity index (χ0n) is 15.4. The van der Waals surface area contributed by atoms with Crippen molar-refractivity contribution < 1.29 is 9.53 Å². The van der Waals surface area contributed by atoms with E-state index in [0.717, 1.165) is 31.7 Å². The third-order valence-corrected chi connectivity index (χ3v) is 4.99. The molecule has 0 bridgehead atoms. The number of anilines is 1. The summed E-state index contributed by atoms with van der Waals surface area (Å²) in [6.45, 7) is 9.10. The molecule has 0 aromatic carbocycles. The van der Waals surface area contributed by atoms with Crippen molar-refractivity contribution in [3.8, 4) is 0 Å². The first-order valence-corrected chi connectivity index (χ1v) is 9.26. The highest BCUT2D eigenvalue weighted by atomic mass is 16.5. The molecular weight excluding hydrogens is 318 g/mol. The molecule has 2 saturated heterocycles. The first-order chi connectivity index (χ1) is 12.0. The van der Waals surface area contributed by atoms with Gasteiger partial charge < -0.3 is 19.9 Å². The molecule has 4 atom stereocenters. The maximum Gasteiger partial charge on any atom is 0.239 e. The summed E-state index contributed by atoms with van der Waals surface area (Å²) in [5.74, 6) is 1.08. The Labute approximate surface area is 149 Å². The topological polar surface area (TPSA) is 70.6 Å². The summed E-state index contributed by atoms with van der Waals surface area (Å²) in [6, 6.07) is 4.07. The molecule has 2 aliphatic rings. The summed E-state index contributed by atoms with van der Waals surface area (Å²) in [5.41, 5.74) is 0. The van der Waals surface area contributed by atoms with Crippen LogP contribution in [0.15, 0.2) is 18.3 Å². The smallest absolute Gasteiger partial charge is 0.239 e. The quantitative estimate of drug-likeness (QED) is 0.859. The number of morpholine rings is 1. The lowest BCUT2D eigenvalue weighted by Gasteiger charge is -2.37. The number of rotatable bonds is 5. The van der Waals surface area contributed by atoms with Gasteiger partial charge in [0.25, 0.3) is 0 Å². The van der Waals surface area contributed by atoms with E-state index in [-0.39, 0.29) is 24.2 Å². The van der Waals surface area contributed by atoms with Gasteiger partial charge in [0, 0.05) is 38.4 Å². The number of ether oxygens (including phenoxy) is 1. The number of hydrogen-bond acceptors (Lipinski definition) is 6. The van der Waals surface area contributed by atoms with E-state index in [1.807, 2.05) is 37.8 Å². The summed E-state index contributed by atoms with van der Waals surface area (Å²) in [4.78, 5) is 16.9. The van der Waals surface area contributed by atoms with Crippen molar-refractivity contribution in [1.82, 2.24) is 20.4 Å². The van der Waals surface area contributed by atoms with Gasteiger partial charge in [0.15, 0.2) is 5.82 Å². The fourth-order valence-corrected chi connectivity index (χ4v) is 3.83. The van der Waals surface area contributed by atoms with E-state index in [1.165, 1.54) is 0 Å². The zero-order valence-corrected chi connectivity index (χ0v) is 15.4. The lowest BCUT2D eigenvalue weighted by atomic mass is 10.1. The SMILES string of the molecule is C[C@@H]1CN(C(=O)[C@H](C)NC[C@@H]2CCCN2c2cccnn2)C[C@@H](C)O1. The van der Waals surface area contributed by atoms with Crippen LogP contribution in [0.5, 0.6) is 0 Å². The van der Waals surface area contributed by atoms with Gasteiger partial charge in [-0.15, -0.1) is 5.10 Å². The molecule has 1 amide bonds. The Kier molecular flexibility index (Phi) is 5.86. The van der Waals surface area contributed by atoms with Gasteiger partial charge in [-0.3, -0.25) is 4.79 Å². The van der Waals surface area contributed by atoms with Crippen LogP contribution in [0.1, 0.15) is 33.6 Å². The van der Waals surface area contributed by atoms with E-state index in [1.54, 1.807) is 6.20 Å². The average molecular weight is 347 g/mol. The lowest BCUT2D eigenvalue weighted by Crippen LogP contribution is -2.54. The highest BCUT2D eigenvalue weighted by Gasteiger charge is 2.30. The molecule has 25 heavy (non-hydrogen) atoms. The van der Waals surface area contributed by atoms with Gasteiger partial charge in [-0.2, -0.15) is 5.10 Å². The van der Waals surface area contributed by atoms with Gasteiger partial charge in [-0.25, -0.2) is 0 Å². The zero-order chi connectivity index (χ0) is 17.8. The molecule has 138 valence electrons. The summed E-state index contributed by atoms with van der Waals surface area (Å²) >= 11 is 0. The molecule has 3 rings (SSSR count). The largest absolute Gasteiger partial charge is 0.372 e. The van der Waals surface area contributed by atoms with Gasteiger partial charge in [-0.05, 0) is 45.7 Å². The fourth-order valence-electron chi connectivity index (χ4n) is 3.83. The van der Waals surface area contributed by atoms with Crippen LogP contribution in [0.2, 0.25) is 0 Å². The number of carbonyl (C=O) groups is 1. The first-order valence-electron chi connectivity index (χ1n) is 9.26. The number of nitrogens with one attached hydrogen (secondary N) is 1. The van der Waals surface area contributed by atoms with Crippen molar-refractivity contribution in [1.29, 1.82) is 0 Å². The van der Waals surface area contributed by atoms with Crippen molar-refractivity contribution in [2.24, 2.45) is 0 Å². The standard InChI is InChI=1S/C18H29N5O2/c1-13-11-22(12-14(2)25-13)18(24)15(3)19-10-16-6-5-9-23(16)17-7-4-8-20-21-17/h4,7-8,13-16,19H,5-6,9-12H2,1-3H3/t13-,14-,15+,16+/m1/s1. The van der Waals surface area contributed by atoms with Crippen LogP contribution in [0, 0.1) is 0 Å². The van der Waals surface area contributed by atoms with E-state index in [0.29, 0.717) is 19.1 Å². The van der Waals surface area contributed by atoms with Crippen LogP contribution in [0.3, 0.4) is 0 Å². The summed E-state index contributed by atoms with van der Waals surface area (Å²) in [7, 11) is 0. The van der Waals surface area contributed by atoms with E-state index >= 15 is 0 Å². The minimum atomic E-state index is -0.193. The van der Waals surface area contributed by atoms with Crippen LogP contribution >= 0.6 is 0 Å². The molecule has 0 saturated carbocycles. The molecule has 1 N–H and O–H groups in total. The Bertz CT molecular complexity index is 560. The second kappa shape index (κ2) is 8.10. The number of nitrogens with zero attached hydrogens (tertiary/aromatic N) is 4. The molecule has 7 nitrogen and oxygen atoms in total. The predicted octanol–water partition coefficient (Wildman–Crippen LogP) is 1.06. The maximum atomic E-state index is 12.7. The third kappa shape index (κ3) is 4.46. The molecule has 3 heterocycles. The second-order valence-corrected chi connectivity index (χ2v) is 7.20. The Hall–Kier alpha value is -1.73. The van der Waals surface area contributed by atoms with Crippen molar-refractivity contribution in [2.75, 3.05) is 31.1 Å². The van der Waals surface area contributed by atoms with Gasteiger partial charge in [-0.1, -0.05) is 0 Å². The van der Waals surface area contributed by atoms with Crippen LogP contribution in [-0.4, -0.2) is 71.5 Å². The minimum absolute atomic E-state index is 0.0990. The van der Waals surface area contributed by atoms with Crippen molar-refractivity contribution in [3.05, 3.63) is 18.3 Å². The Morgan fingerprint density at radius 3 is 2.84 bits per heavy atom. The maximum absolute atomic E-state index is 12.7. The fraction of sp³-hybridized carbons (Fsp3) is 0.722. The Balaban J connectivity index is 1.53. The summed E-state index contributed by atoms with van der Waals surface area (Å²) < 4.78 is 5.72. The Morgan fingerprint density at radius 1 is 1.40 bits per heavy atom. The van der Waals surface area contributed by atoms with Crippen LogP contribution in [-0.2, 0) is 9.53 Å². The van der Waals surface area contributed by atoms with Crippen LogP contribution < -0.4 is 10.2 Å². The third-order valence-electron chi connectivity index (χ3n) is 4.99. The van der Waals surface area contributed by atoms with Gasteiger partial charge in [0.2, 0.25) is 5.91 Å². The average Bonchev–Trinajstić information content (AvgIpc) is 3.07. The molecule has 2 fully saturated rings. The van der Waals surface area contributed by atoms with E-state index in [2.05, 4.69) is 20.4 Å². The van der Waals surface area contributed by atoms with Gasteiger partial charge in [0.1, 0.15) is 0 Å². The van der Waals surface area contributed by atoms with E-state index in [4.69, 9.17) is 4.74 Å². The molecule has 2 aliphatic heterocycles. The van der Waals surface area contributed by atoms with Crippen molar-refractivity contribution in [2.45, 2.75) is 57.9 Å².